The number of likely N-dealkylation sites (tertiary alicyclic amines) is 1. The monoisotopic (exact) mass is 408 g/mol. The number of carbonyl (C=O) groups is 1. The van der Waals surface area contributed by atoms with Crippen LogP contribution in [0, 0.1) is 0 Å². The highest BCUT2D eigenvalue weighted by atomic mass is 32.3. The van der Waals surface area contributed by atoms with E-state index < -0.39 is 27.8 Å². The van der Waals surface area contributed by atoms with Crippen molar-refractivity contribution in [3.05, 3.63) is 34.9 Å². The maximum atomic E-state index is 13.5. The molecule has 1 heterocycles. The van der Waals surface area contributed by atoms with Crippen LogP contribution in [0.5, 0.6) is 0 Å². The number of carbonyl (C=O) groups excluding carboxylic acids is 1. The fourth-order valence-corrected chi connectivity index (χ4v) is 4.19. The third-order valence-corrected chi connectivity index (χ3v) is 6.70. The van der Waals surface area contributed by atoms with E-state index in [4.69, 9.17) is 4.74 Å². The summed E-state index contributed by atoms with van der Waals surface area (Å²) in [5, 5.41) is 0. The third kappa shape index (κ3) is 5.52. The van der Waals surface area contributed by atoms with Crippen LogP contribution in [0.25, 0.3) is 0 Å². The van der Waals surface area contributed by atoms with E-state index in [1.165, 1.54) is 12.1 Å². The van der Waals surface area contributed by atoms with Crippen molar-refractivity contribution >= 4 is 16.1 Å². The van der Waals surface area contributed by atoms with Crippen molar-refractivity contribution in [2.45, 2.75) is 32.1 Å². The number of halogens is 3. The standard InChI is InChI=1S/C18H27F3N2O3S/c1-5-26-17(24)13-6-7-14(16(10-13)18(19,20)21)11-23-9-8-15(12-23)22(2)27(3,4)25/h6-7,10,15,27H,5,8-9,11-12H2,1-4H3/t15-/m1/s1. The van der Waals surface area contributed by atoms with Gasteiger partial charge in [0, 0.05) is 38.2 Å². The van der Waals surface area contributed by atoms with Gasteiger partial charge in [0.25, 0.3) is 0 Å². The molecule has 1 aliphatic heterocycles. The summed E-state index contributed by atoms with van der Waals surface area (Å²) in [7, 11) is -0.604. The smallest absolute Gasteiger partial charge is 0.416 e. The number of likely N-dealkylation sites (N-methyl/N-ethyl adjacent to an activating group) is 1. The van der Waals surface area contributed by atoms with Crippen molar-refractivity contribution in [2.24, 2.45) is 0 Å². The summed E-state index contributed by atoms with van der Waals surface area (Å²) in [4.78, 5) is 13.7. The third-order valence-electron chi connectivity index (χ3n) is 4.86. The zero-order valence-electron chi connectivity index (χ0n) is 16.0. The van der Waals surface area contributed by atoms with Crippen LogP contribution in [-0.4, -0.2) is 64.7 Å². The number of hydrogen-bond donors (Lipinski definition) is 1. The zero-order valence-corrected chi connectivity index (χ0v) is 16.9. The summed E-state index contributed by atoms with van der Waals surface area (Å²) in [6.07, 6.45) is -0.433. The SMILES string of the molecule is CCOC(=O)c1ccc(CN2CC[C@@H](N(C)[SH](C)(C)=O)C2)c(C(F)(F)F)c1. The van der Waals surface area contributed by atoms with E-state index in [9.17, 15) is 22.2 Å². The summed E-state index contributed by atoms with van der Waals surface area (Å²) in [5.74, 6) is -0.765. The molecule has 1 saturated heterocycles. The van der Waals surface area contributed by atoms with E-state index >= 15 is 0 Å². The molecule has 1 aromatic carbocycles. The molecule has 0 saturated carbocycles. The van der Waals surface area contributed by atoms with Gasteiger partial charge in [-0.25, -0.2) is 9.10 Å². The van der Waals surface area contributed by atoms with Crippen LogP contribution < -0.4 is 0 Å². The Bertz CT molecular complexity index is 733. The molecule has 0 aliphatic carbocycles. The molecule has 1 atom stereocenters. The zero-order chi connectivity index (χ0) is 20.4. The lowest BCUT2D eigenvalue weighted by Crippen LogP contribution is -2.41. The Morgan fingerprint density at radius 3 is 2.59 bits per heavy atom. The predicted octanol–water partition coefficient (Wildman–Crippen LogP) is 2.58. The molecule has 27 heavy (non-hydrogen) atoms. The normalized spacial score (nSPS) is 19.5. The average Bonchev–Trinajstić information content (AvgIpc) is 3.01. The molecule has 0 bridgehead atoms. The molecule has 154 valence electrons. The van der Waals surface area contributed by atoms with Crippen molar-refractivity contribution < 1.29 is 26.9 Å². The fourth-order valence-electron chi connectivity index (χ4n) is 3.21. The summed E-state index contributed by atoms with van der Waals surface area (Å²) in [5.41, 5.74) is -0.804. The summed E-state index contributed by atoms with van der Waals surface area (Å²) < 4.78 is 59.3. The number of nitrogens with zero attached hydrogens (tertiary/aromatic N) is 2. The van der Waals surface area contributed by atoms with Crippen molar-refractivity contribution in [1.82, 2.24) is 9.21 Å². The predicted molar refractivity (Wildman–Crippen MR) is 100 cm³/mol. The molecule has 9 heteroatoms. The number of thiol groups is 1. The van der Waals surface area contributed by atoms with Gasteiger partial charge in [0.15, 0.2) is 0 Å². The summed E-state index contributed by atoms with van der Waals surface area (Å²) >= 11 is 0. The number of benzene rings is 1. The number of ether oxygens (including phenoxy) is 1. The van der Waals surface area contributed by atoms with Gasteiger partial charge in [0.1, 0.15) is 0 Å². The van der Waals surface area contributed by atoms with Gasteiger partial charge >= 0.3 is 12.1 Å². The van der Waals surface area contributed by atoms with Crippen LogP contribution >= 0.6 is 0 Å². The lowest BCUT2D eigenvalue weighted by Gasteiger charge is -2.32. The molecule has 5 nitrogen and oxygen atoms in total. The van der Waals surface area contributed by atoms with E-state index in [1.807, 2.05) is 9.21 Å². The second-order valence-corrected chi connectivity index (χ2v) is 10.4. The van der Waals surface area contributed by atoms with Crippen molar-refractivity contribution in [3.8, 4) is 0 Å². The second kappa shape index (κ2) is 8.28. The molecule has 0 spiro atoms. The van der Waals surface area contributed by atoms with Crippen molar-refractivity contribution in [3.63, 3.8) is 0 Å². The van der Waals surface area contributed by atoms with E-state index in [-0.39, 0.29) is 30.3 Å². The van der Waals surface area contributed by atoms with E-state index in [0.29, 0.717) is 13.1 Å². The number of hydrogen-bond acceptors (Lipinski definition) is 4. The molecular formula is C18H27F3N2O3S. The molecule has 1 aromatic rings. The molecule has 0 amide bonds. The first-order valence-corrected chi connectivity index (χ1v) is 11.4. The Morgan fingerprint density at radius 1 is 1.37 bits per heavy atom. The fraction of sp³-hybridized carbons (Fsp3) is 0.611. The maximum Gasteiger partial charge on any atom is 0.416 e. The molecule has 2 rings (SSSR count). The number of esters is 1. The van der Waals surface area contributed by atoms with Gasteiger partial charge in [-0.15, -0.1) is 0 Å². The Kier molecular flexibility index (Phi) is 6.70. The minimum absolute atomic E-state index is 0.0546. The molecule has 1 aliphatic rings. The maximum absolute atomic E-state index is 13.5. The molecular weight excluding hydrogens is 381 g/mol. The first-order chi connectivity index (χ1) is 12.4. The number of alkyl halides is 3. The van der Waals surface area contributed by atoms with Crippen LogP contribution in [0.3, 0.4) is 0 Å². The molecule has 0 N–H and O–H groups in total. The highest BCUT2D eigenvalue weighted by Gasteiger charge is 2.36. The summed E-state index contributed by atoms with van der Waals surface area (Å²) in [6, 6.07) is 3.63. The van der Waals surface area contributed by atoms with Crippen LogP contribution in [-0.2, 0) is 27.6 Å². The van der Waals surface area contributed by atoms with Crippen LogP contribution in [0.1, 0.15) is 34.8 Å². The topological polar surface area (TPSA) is 49.9 Å². The lowest BCUT2D eigenvalue weighted by molar-refractivity contribution is -0.138. The first-order valence-electron chi connectivity index (χ1n) is 8.81. The first kappa shape index (κ1) is 21.8. The summed E-state index contributed by atoms with van der Waals surface area (Å²) in [6.45, 7) is 3.01. The minimum atomic E-state index is -4.56. The molecule has 0 unspecified atom stereocenters. The highest BCUT2D eigenvalue weighted by molar-refractivity contribution is 7.99. The van der Waals surface area contributed by atoms with Gasteiger partial charge in [0.2, 0.25) is 0 Å². The van der Waals surface area contributed by atoms with Gasteiger partial charge in [0.05, 0.1) is 17.7 Å². The van der Waals surface area contributed by atoms with Crippen molar-refractivity contribution in [1.29, 1.82) is 0 Å². The molecule has 1 fully saturated rings. The van der Waals surface area contributed by atoms with Gasteiger partial charge < -0.3 is 4.74 Å². The Labute approximate surface area is 159 Å². The van der Waals surface area contributed by atoms with Gasteiger partial charge in [-0.2, -0.15) is 13.2 Å². The van der Waals surface area contributed by atoms with Crippen LogP contribution in [0.2, 0.25) is 0 Å². The lowest BCUT2D eigenvalue weighted by atomic mass is 10.0. The molecule has 0 aromatic heterocycles. The van der Waals surface area contributed by atoms with Crippen molar-refractivity contribution in [2.75, 3.05) is 39.3 Å². The number of rotatable bonds is 6. The minimum Gasteiger partial charge on any atom is -0.462 e. The Hall–Kier alpha value is -1.45. The Morgan fingerprint density at radius 2 is 2.04 bits per heavy atom. The van der Waals surface area contributed by atoms with Gasteiger partial charge in [-0.1, -0.05) is 16.2 Å². The molecule has 0 radical (unpaired) electrons. The van der Waals surface area contributed by atoms with Gasteiger partial charge in [-0.3, -0.25) is 9.11 Å². The van der Waals surface area contributed by atoms with Crippen LogP contribution in [0.4, 0.5) is 13.2 Å². The quantitative estimate of drug-likeness (QED) is 0.581. The second-order valence-electron chi connectivity index (χ2n) is 7.14. The Balaban J connectivity index is 2.19. The highest BCUT2D eigenvalue weighted by Crippen LogP contribution is 2.34. The van der Waals surface area contributed by atoms with E-state index in [2.05, 4.69) is 0 Å². The largest absolute Gasteiger partial charge is 0.462 e. The van der Waals surface area contributed by atoms with Gasteiger partial charge in [-0.05, 0) is 38.1 Å². The van der Waals surface area contributed by atoms with E-state index in [0.717, 1.165) is 12.5 Å². The van der Waals surface area contributed by atoms with E-state index in [1.54, 1.807) is 26.5 Å². The van der Waals surface area contributed by atoms with Crippen LogP contribution in [0.15, 0.2) is 18.2 Å². The average molecular weight is 408 g/mol.